The van der Waals surface area contributed by atoms with Crippen LogP contribution in [-0.2, 0) is 19.6 Å². The Kier molecular flexibility index (Phi) is 4.40. The van der Waals surface area contributed by atoms with Crippen LogP contribution in [0.3, 0.4) is 0 Å². The zero-order valence-corrected chi connectivity index (χ0v) is 15.8. The summed E-state index contributed by atoms with van der Waals surface area (Å²) in [5.41, 5.74) is -1.32. The van der Waals surface area contributed by atoms with Crippen LogP contribution in [0.25, 0.3) is 0 Å². The van der Waals surface area contributed by atoms with Gasteiger partial charge >= 0.3 is 0 Å². The number of rotatable bonds is 6. The minimum Gasteiger partial charge on any atom is -0.376 e. The lowest BCUT2D eigenvalue weighted by Gasteiger charge is -2.36. The van der Waals surface area contributed by atoms with Gasteiger partial charge in [0.2, 0.25) is 10.0 Å². The van der Waals surface area contributed by atoms with E-state index in [9.17, 15) is 13.2 Å². The number of fused-ring (bicyclic) bond motifs is 2. The predicted octanol–water partition coefficient (Wildman–Crippen LogP) is 1.82. The normalized spacial score (nSPS) is 39.3. The lowest BCUT2D eigenvalue weighted by Crippen LogP contribution is -2.49. The highest BCUT2D eigenvalue weighted by Gasteiger charge is 2.65. The summed E-state index contributed by atoms with van der Waals surface area (Å²) < 4.78 is 33.7. The molecule has 1 N–H and O–H groups in total. The van der Waals surface area contributed by atoms with E-state index >= 15 is 0 Å². The number of sulfonamides is 1. The number of thioether (sulfide) groups is 1. The average Bonchev–Trinajstić information content (AvgIpc) is 3.09. The Labute approximate surface area is 143 Å². The highest BCUT2D eigenvalue weighted by molar-refractivity contribution is 7.99. The van der Waals surface area contributed by atoms with Crippen LogP contribution in [0.1, 0.15) is 39.5 Å². The fraction of sp³-hybridized carbons (Fsp3) is 0.938. The fourth-order valence-corrected chi connectivity index (χ4v) is 7.99. The molecule has 1 saturated heterocycles. The first kappa shape index (κ1) is 17.7. The summed E-state index contributed by atoms with van der Waals surface area (Å²) >= 11 is 1.79. The van der Waals surface area contributed by atoms with Gasteiger partial charge in [-0.15, -0.1) is 0 Å². The Bertz CT molecular complexity index is 595. The van der Waals surface area contributed by atoms with Crippen molar-refractivity contribution in [2.75, 3.05) is 30.9 Å². The van der Waals surface area contributed by atoms with E-state index in [0.717, 1.165) is 24.3 Å². The standard InChI is InChI=1S/C16H27NO4S2/c1-14(2)12-4-5-16(14,13(18)8-12)11-23(19,20)17-9-15(21-3)6-7-22-10-15/h12,17H,4-11H2,1-3H3/t12-,15-,16-/m0/s1. The summed E-state index contributed by atoms with van der Waals surface area (Å²) in [7, 11) is -1.87. The summed E-state index contributed by atoms with van der Waals surface area (Å²) in [6, 6.07) is 0. The quantitative estimate of drug-likeness (QED) is 0.781. The Morgan fingerprint density at radius 3 is 2.57 bits per heavy atom. The molecule has 7 heteroatoms. The lowest BCUT2D eigenvalue weighted by atomic mass is 9.70. The first-order valence-electron chi connectivity index (χ1n) is 8.30. The van der Waals surface area contributed by atoms with Gasteiger partial charge in [-0.25, -0.2) is 13.1 Å². The van der Waals surface area contributed by atoms with Gasteiger partial charge in [-0.1, -0.05) is 13.8 Å². The van der Waals surface area contributed by atoms with E-state index < -0.39 is 21.0 Å². The number of hydrogen-bond acceptors (Lipinski definition) is 5. The molecule has 5 nitrogen and oxygen atoms in total. The van der Waals surface area contributed by atoms with Crippen LogP contribution in [-0.4, -0.2) is 50.7 Å². The summed E-state index contributed by atoms with van der Waals surface area (Å²) in [6.07, 6.45) is 3.07. The van der Waals surface area contributed by atoms with Crippen molar-refractivity contribution in [3.8, 4) is 0 Å². The Morgan fingerprint density at radius 1 is 1.35 bits per heavy atom. The molecule has 0 radical (unpaired) electrons. The SMILES string of the molecule is CO[C@]1(CNS(=O)(=O)C[C@@]23CC[C@@H](CC2=O)C3(C)C)CCSC1. The van der Waals surface area contributed by atoms with Crippen molar-refractivity contribution >= 4 is 27.6 Å². The molecular weight excluding hydrogens is 334 g/mol. The van der Waals surface area contributed by atoms with Crippen LogP contribution in [0.2, 0.25) is 0 Å². The molecule has 2 saturated carbocycles. The molecule has 3 atom stereocenters. The number of carbonyl (C=O) groups is 1. The van der Waals surface area contributed by atoms with Crippen molar-refractivity contribution in [2.45, 2.75) is 45.1 Å². The second-order valence-electron chi connectivity index (χ2n) is 7.94. The number of hydrogen-bond donors (Lipinski definition) is 1. The van der Waals surface area contributed by atoms with Gasteiger partial charge in [-0.2, -0.15) is 11.8 Å². The lowest BCUT2D eigenvalue weighted by molar-refractivity contribution is -0.128. The summed E-state index contributed by atoms with van der Waals surface area (Å²) in [4.78, 5) is 12.5. The molecule has 0 aromatic rings. The molecule has 132 valence electrons. The minimum atomic E-state index is -3.51. The van der Waals surface area contributed by atoms with Gasteiger partial charge in [0, 0.05) is 31.2 Å². The molecule has 0 spiro atoms. The van der Waals surface area contributed by atoms with E-state index in [-0.39, 0.29) is 17.0 Å². The Balaban J connectivity index is 1.73. The van der Waals surface area contributed by atoms with Gasteiger partial charge in [-0.3, -0.25) is 4.79 Å². The van der Waals surface area contributed by atoms with Gasteiger partial charge in [0.25, 0.3) is 0 Å². The van der Waals surface area contributed by atoms with Crippen molar-refractivity contribution < 1.29 is 17.9 Å². The summed E-state index contributed by atoms with van der Waals surface area (Å²) in [5.74, 6) is 2.20. The number of ketones is 1. The average molecular weight is 362 g/mol. The molecule has 3 rings (SSSR count). The Morgan fingerprint density at radius 2 is 2.09 bits per heavy atom. The zero-order valence-electron chi connectivity index (χ0n) is 14.2. The molecule has 1 heterocycles. The molecule has 23 heavy (non-hydrogen) atoms. The molecule has 2 bridgehead atoms. The molecule has 0 amide bonds. The van der Waals surface area contributed by atoms with Crippen LogP contribution in [0.4, 0.5) is 0 Å². The van der Waals surface area contributed by atoms with Crippen LogP contribution in [0.15, 0.2) is 0 Å². The van der Waals surface area contributed by atoms with Crippen LogP contribution in [0.5, 0.6) is 0 Å². The molecule has 1 aliphatic heterocycles. The second kappa shape index (κ2) is 5.71. The third-order valence-electron chi connectivity index (χ3n) is 6.69. The van der Waals surface area contributed by atoms with E-state index in [1.807, 2.05) is 0 Å². The van der Waals surface area contributed by atoms with Gasteiger partial charge in [0.1, 0.15) is 5.78 Å². The first-order chi connectivity index (χ1) is 10.7. The maximum absolute atomic E-state index is 12.7. The van der Waals surface area contributed by atoms with Gasteiger partial charge in [0.05, 0.1) is 11.4 Å². The number of carbonyl (C=O) groups excluding carboxylic acids is 1. The van der Waals surface area contributed by atoms with E-state index in [1.165, 1.54) is 0 Å². The highest BCUT2D eigenvalue weighted by Crippen LogP contribution is 2.64. The number of nitrogens with one attached hydrogen (secondary N) is 1. The van der Waals surface area contributed by atoms with E-state index in [0.29, 0.717) is 25.3 Å². The van der Waals surface area contributed by atoms with Crippen LogP contribution in [0, 0.1) is 16.7 Å². The fourth-order valence-electron chi connectivity index (χ4n) is 4.69. The monoisotopic (exact) mass is 361 g/mol. The minimum absolute atomic E-state index is 0.0741. The molecule has 3 aliphatic rings. The largest absolute Gasteiger partial charge is 0.376 e. The van der Waals surface area contributed by atoms with Crippen molar-refractivity contribution in [1.82, 2.24) is 4.72 Å². The highest BCUT2D eigenvalue weighted by atomic mass is 32.2. The van der Waals surface area contributed by atoms with Gasteiger partial charge < -0.3 is 4.74 Å². The molecule has 2 aliphatic carbocycles. The number of ether oxygens (including phenoxy) is 1. The van der Waals surface area contributed by atoms with Crippen molar-refractivity contribution in [2.24, 2.45) is 16.7 Å². The van der Waals surface area contributed by atoms with Crippen molar-refractivity contribution in [3.05, 3.63) is 0 Å². The molecule has 0 unspecified atom stereocenters. The summed E-state index contributed by atoms with van der Waals surface area (Å²) in [6.45, 7) is 4.43. The third-order valence-corrected chi connectivity index (χ3v) is 9.37. The maximum atomic E-state index is 12.7. The van der Waals surface area contributed by atoms with Gasteiger partial charge in [0.15, 0.2) is 0 Å². The first-order valence-corrected chi connectivity index (χ1v) is 11.1. The van der Waals surface area contributed by atoms with Crippen LogP contribution >= 0.6 is 11.8 Å². The summed E-state index contributed by atoms with van der Waals surface area (Å²) in [5, 5.41) is 0. The number of Topliss-reactive ketones (excluding diaryl/α,β-unsaturated/α-hetero) is 1. The van der Waals surface area contributed by atoms with Crippen molar-refractivity contribution in [1.29, 1.82) is 0 Å². The van der Waals surface area contributed by atoms with E-state index in [2.05, 4.69) is 18.6 Å². The molecule has 0 aromatic heterocycles. The molecular formula is C16H27NO4S2. The van der Waals surface area contributed by atoms with Gasteiger partial charge in [-0.05, 0) is 36.3 Å². The van der Waals surface area contributed by atoms with E-state index in [4.69, 9.17) is 4.74 Å². The second-order valence-corrected chi connectivity index (χ2v) is 10.8. The van der Waals surface area contributed by atoms with Crippen LogP contribution < -0.4 is 4.72 Å². The number of methoxy groups -OCH3 is 1. The molecule has 0 aromatic carbocycles. The zero-order chi connectivity index (χ0) is 16.9. The molecule has 3 fully saturated rings. The van der Waals surface area contributed by atoms with Crippen molar-refractivity contribution in [3.63, 3.8) is 0 Å². The smallest absolute Gasteiger partial charge is 0.212 e. The Hall–Kier alpha value is -0.110. The predicted molar refractivity (Wildman–Crippen MR) is 92.0 cm³/mol. The maximum Gasteiger partial charge on any atom is 0.212 e. The third kappa shape index (κ3) is 2.77. The van der Waals surface area contributed by atoms with E-state index in [1.54, 1.807) is 18.9 Å². The topological polar surface area (TPSA) is 72.5 Å².